The van der Waals surface area contributed by atoms with E-state index in [-0.39, 0.29) is 6.04 Å². The summed E-state index contributed by atoms with van der Waals surface area (Å²) >= 11 is 0. The van der Waals surface area contributed by atoms with Crippen LogP contribution in [0.4, 0.5) is 11.4 Å². The van der Waals surface area contributed by atoms with E-state index in [1.165, 1.54) is 71.9 Å². The fraction of sp³-hybridized carbons (Fsp3) is 0.116. The Bertz CT molecular complexity index is 2260. The number of allylic oxidation sites excluding steroid dienone is 2. The first-order valence-electron chi connectivity index (χ1n) is 15.9. The standard InChI is InChI=1S/C43H36N2/c1-29-10-8-14-36(26-29)44(40-17-7-4-12-31(40)3)35-22-18-32(19-23-35)34-21-24-41-39(28-34)43-38-16-6-5-13-33(38)20-25-42(43)45(41)37-15-9-11-30(2)27-37/h4-28,31,40H,1-3H3. The van der Waals surface area contributed by atoms with Gasteiger partial charge in [0.1, 0.15) is 0 Å². The van der Waals surface area contributed by atoms with E-state index in [4.69, 9.17) is 0 Å². The number of hydrogen-bond donors (Lipinski definition) is 0. The predicted molar refractivity (Wildman–Crippen MR) is 193 cm³/mol. The molecule has 1 aliphatic carbocycles. The van der Waals surface area contributed by atoms with Gasteiger partial charge in [0, 0.05) is 27.8 Å². The van der Waals surface area contributed by atoms with E-state index in [1.807, 2.05) is 0 Å². The fourth-order valence-corrected chi connectivity index (χ4v) is 7.13. The Balaban J connectivity index is 1.27. The van der Waals surface area contributed by atoms with Crippen molar-refractivity contribution in [3.8, 4) is 16.8 Å². The van der Waals surface area contributed by atoms with Crippen LogP contribution in [0.25, 0.3) is 49.4 Å². The van der Waals surface area contributed by atoms with Gasteiger partial charge in [0.2, 0.25) is 0 Å². The maximum absolute atomic E-state index is 2.48. The molecular formula is C43H36N2. The molecule has 0 saturated heterocycles. The summed E-state index contributed by atoms with van der Waals surface area (Å²) in [4.78, 5) is 2.48. The average molecular weight is 581 g/mol. The molecule has 0 bridgehead atoms. The highest BCUT2D eigenvalue weighted by Gasteiger charge is 2.24. The Morgan fingerprint density at radius 1 is 0.556 bits per heavy atom. The van der Waals surface area contributed by atoms with E-state index in [0.29, 0.717) is 5.92 Å². The highest BCUT2D eigenvalue weighted by Crippen LogP contribution is 2.40. The van der Waals surface area contributed by atoms with Crippen molar-refractivity contribution in [2.45, 2.75) is 26.8 Å². The molecule has 1 aromatic heterocycles. The Kier molecular flexibility index (Phi) is 6.64. The maximum atomic E-state index is 2.48. The molecule has 2 unspecified atom stereocenters. The zero-order chi connectivity index (χ0) is 30.5. The minimum atomic E-state index is 0.250. The first kappa shape index (κ1) is 27.2. The van der Waals surface area contributed by atoms with Crippen molar-refractivity contribution < 1.29 is 0 Å². The van der Waals surface area contributed by atoms with Gasteiger partial charge in [0.15, 0.2) is 0 Å². The van der Waals surface area contributed by atoms with E-state index < -0.39 is 0 Å². The zero-order valence-corrected chi connectivity index (χ0v) is 26.0. The molecule has 0 radical (unpaired) electrons. The monoisotopic (exact) mass is 580 g/mol. The van der Waals surface area contributed by atoms with Crippen LogP contribution in [0, 0.1) is 19.8 Å². The number of rotatable bonds is 5. The van der Waals surface area contributed by atoms with Crippen molar-refractivity contribution in [3.05, 3.63) is 163 Å². The Morgan fingerprint density at radius 3 is 2.09 bits per heavy atom. The Hall–Kier alpha value is -5.34. The first-order chi connectivity index (χ1) is 22.0. The van der Waals surface area contributed by atoms with Gasteiger partial charge >= 0.3 is 0 Å². The van der Waals surface area contributed by atoms with E-state index in [2.05, 4.69) is 182 Å². The second kappa shape index (κ2) is 11.0. The van der Waals surface area contributed by atoms with Gasteiger partial charge in [0.25, 0.3) is 0 Å². The van der Waals surface area contributed by atoms with Gasteiger partial charge in [-0.2, -0.15) is 0 Å². The first-order valence-corrected chi connectivity index (χ1v) is 15.9. The van der Waals surface area contributed by atoms with Crippen LogP contribution < -0.4 is 4.90 Å². The normalized spacial score (nSPS) is 16.2. The number of aryl methyl sites for hydroxylation is 2. The second-order valence-corrected chi connectivity index (χ2v) is 12.5. The molecule has 2 nitrogen and oxygen atoms in total. The number of benzene rings is 6. The Morgan fingerprint density at radius 2 is 1.29 bits per heavy atom. The highest BCUT2D eigenvalue weighted by molar-refractivity contribution is 6.21. The molecule has 2 atom stereocenters. The van der Waals surface area contributed by atoms with Crippen LogP contribution in [0.2, 0.25) is 0 Å². The Labute approximate surface area is 265 Å². The van der Waals surface area contributed by atoms with Gasteiger partial charge in [-0.05, 0) is 107 Å². The molecular weight excluding hydrogens is 544 g/mol. The molecule has 2 heteroatoms. The number of fused-ring (bicyclic) bond motifs is 5. The summed E-state index contributed by atoms with van der Waals surface area (Å²) in [6, 6.07) is 47.3. The topological polar surface area (TPSA) is 8.17 Å². The smallest absolute Gasteiger partial charge is 0.0585 e. The predicted octanol–water partition coefficient (Wildman–Crippen LogP) is 11.5. The SMILES string of the molecule is Cc1cccc(N(c2ccc(-c3ccc4c(c3)c3c5ccccc5ccc3n4-c3cccc(C)c3)cc2)C2C=CC=CC2C)c1. The minimum absolute atomic E-state index is 0.250. The fourth-order valence-electron chi connectivity index (χ4n) is 7.13. The largest absolute Gasteiger partial charge is 0.334 e. The lowest BCUT2D eigenvalue weighted by Crippen LogP contribution is -2.35. The molecule has 7 aromatic rings. The van der Waals surface area contributed by atoms with Crippen LogP contribution in [0.15, 0.2) is 152 Å². The summed E-state index contributed by atoms with van der Waals surface area (Å²) in [6.45, 7) is 6.63. The van der Waals surface area contributed by atoms with Crippen LogP contribution in [0.1, 0.15) is 18.1 Å². The summed E-state index contributed by atoms with van der Waals surface area (Å²) in [7, 11) is 0. The molecule has 8 rings (SSSR count). The molecule has 218 valence electrons. The molecule has 45 heavy (non-hydrogen) atoms. The van der Waals surface area contributed by atoms with E-state index in [0.717, 1.165) is 0 Å². The van der Waals surface area contributed by atoms with Crippen molar-refractivity contribution >= 4 is 44.0 Å². The van der Waals surface area contributed by atoms with Crippen LogP contribution in [0.3, 0.4) is 0 Å². The molecule has 0 fully saturated rings. The molecule has 0 N–H and O–H groups in total. The van der Waals surface area contributed by atoms with E-state index >= 15 is 0 Å². The van der Waals surface area contributed by atoms with Gasteiger partial charge < -0.3 is 9.47 Å². The lowest BCUT2D eigenvalue weighted by molar-refractivity contribution is 0.609. The number of anilines is 2. The van der Waals surface area contributed by atoms with Crippen LogP contribution in [-0.2, 0) is 0 Å². The van der Waals surface area contributed by atoms with Crippen LogP contribution in [0.5, 0.6) is 0 Å². The lowest BCUT2D eigenvalue weighted by atomic mass is 9.94. The van der Waals surface area contributed by atoms with Gasteiger partial charge in [-0.1, -0.05) is 104 Å². The summed E-state index contributed by atoms with van der Waals surface area (Å²) < 4.78 is 2.42. The summed E-state index contributed by atoms with van der Waals surface area (Å²) in [5, 5.41) is 5.13. The maximum Gasteiger partial charge on any atom is 0.0585 e. The molecule has 0 aliphatic heterocycles. The molecule has 0 amide bonds. The van der Waals surface area contributed by atoms with Crippen molar-refractivity contribution in [2.24, 2.45) is 5.92 Å². The third-order valence-corrected chi connectivity index (χ3v) is 9.34. The van der Waals surface area contributed by atoms with Crippen molar-refractivity contribution in [1.82, 2.24) is 4.57 Å². The molecule has 6 aromatic carbocycles. The third kappa shape index (κ3) is 4.74. The van der Waals surface area contributed by atoms with Gasteiger partial charge in [-0.15, -0.1) is 0 Å². The van der Waals surface area contributed by atoms with Crippen molar-refractivity contribution in [3.63, 3.8) is 0 Å². The molecule has 1 aliphatic rings. The third-order valence-electron chi connectivity index (χ3n) is 9.34. The summed E-state index contributed by atoms with van der Waals surface area (Å²) in [5.41, 5.74) is 11.0. The lowest BCUT2D eigenvalue weighted by Gasteiger charge is -2.36. The van der Waals surface area contributed by atoms with E-state index in [1.54, 1.807) is 0 Å². The van der Waals surface area contributed by atoms with Crippen LogP contribution >= 0.6 is 0 Å². The summed E-state index contributed by atoms with van der Waals surface area (Å²) in [5.74, 6) is 0.401. The van der Waals surface area contributed by atoms with Crippen molar-refractivity contribution in [1.29, 1.82) is 0 Å². The molecule has 1 heterocycles. The van der Waals surface area contributed by atoms with Crippen LogP contribution in [-0.4, -0.2) is 10.6 Å². The number of nitrogens with zero attached hydrogens (tertiary/aromatic N) is 2. The van der Waals surface area contributed by atoms with Crippen molar-refractivity contribution in [2.75, 3.05) is 4.90 Å². The average Bonchev–Trinajstić information content (AvgIpc) is 3.40. The second-order valence-electron chi connectivity index (χ2n) is 12.5. The number of aromatic nitrogens is 1. The van der Waals surface area contributed by atoms with Gasteiger partial charge in [-0.25, -0.2) is 0 Å². The highest BCUT2D eigenvalue weighted by atomic mass is 15.2. The molecule has 0 saturated carbocycles. The molecule has 0 spiro atoms. The van der Waals surface area contributed by atoms with Gasteiger partial charge in [-0.3, -0.25) is 0 Å². The zero-order valence-electron chi connectivity index (χ0n) is 26.0. The number of hydrogen-bond acceptors (Lipinski definition) is 1. The van der Waals surface area contributed by atoms with E-state index in [9.17, 15) is 0 Å². The quantitative estimate of drug-likeness (QED) is 0.197. The van der Waals surface area contributed by atoms with Gasteiger partial charge in [0.05, 0.1) is 17.1 Å². The minimum Gasteiger partial charge on any atom is -0.334 e. The summed E-state index contributed by atoms with van der Waals surface area (Å²) in [6.07, 6.45) is 8.96.